The fourth-order valence-electron chi connectivity index (χ4n) is 3.79. The van der Waals surface area contributed by atoms with Crippen LogP contribution >= 0.6 is 0 Å². The standard InChI is InChI=1S/C24H24F3N5O3S/c25-24(26,27)19-4-1-5-21(15-19)31-11-13-32(14-12-31)36(34,35)22-8-6-20(7-9-22)30-23(33)29-17-18-3-2-10-28-16-18/h1-10,15-16H,11-14,17H2,(H2,29,30,33). The molecule has 36 heavy (non-hydrogen) atoms. The Morgan fingerprint density at radius 1 is 0.972 bits per heavy atom. The van der Waals surface area contributed by atoms with Crippen molar-refractivity contribution in [1.82, 2.24) is 14.6 Å². The van der Waals surface area contributed by atoms with E-state index in [1.807, 2.05) is 6.07 Å². The highest BCUT2D eigenvalue weighted by atomic mass is 32.2. The number of alkyl halides is 3. The van der Waals surface area contributed by atoms with E-state index in [-0.39, 0.29) is 31.1 Å². The van der Waals surface area contributed by atoms with Gasteiger partial charge in [0.2, 0.25) is 10.0 Å². The average molecular weight is 520 g/mol. The van der Waals surface area contributed by atoms with Crippen LogP contribution in [0.5, 0.6) is 0 Å². The van der Waals surface area contributed by atoms with Crippen molar-refractivity contribution in [2.75, 3.05) is 36.4 Å². The van der Waals surface area contributed by atoms with Crippen LogP contribution in [0, 0.1) is 0 Å². The molecule has 0 radical (unpaired) electrons. The molecule has 12 heteroatoms. The molecule has 0 saturated carbocycles. The molecule has 2 amide bonds. The summed E-state index contributed by atoms with van der Waals surface area (Å²) < 4.78 is 66.5. The molecule has 8 nitrogen and oxygen atoms in total. The number of halogens is 3. The van der Waals surface area contributed by atoms with Crippen LogP contribution in [-0.2, 0) is 22.7 Å². The van der Waals surface area contributed by atoms with Crippen molar-refractivity contribution in [3.63, 3.8) is 0 Å². The molecule has 2 aromatic carbocycles. The molecule has 0 spiro atoms. The van der Waals surface area contributed by atoms with Crippen LogP contribution in [-0.4, -0.2) is 49.9 Å². The molecule has 1 aromatic heterocycles. The highest BCUT2D eigenvalue weighted by molar-refractivity contribution is 7.89. The molecule has 1 aliphatic rings. The van der Waals surface area contributed by atoms with Crippen molar-refractivity contribution < 1.29 is 26.4 Å². The molecule has 0 aliphatic carbocycles. The molecular formula is C24H24F3N5O3S. The monoisotopic (exact) mass is 519 g/mol. The van der Waals surface area contributed by atoms with E-state index < -0.39 is 27.8 Å². The lowest BCUT2D eigenvalue weighted by Gasteiger charge is -2.35. The summed E-state index contributed by atoms with van der Waals surface area (Å²) in [6.45, 7) is 1.08. The molecule has 0 unspecified atom stereocenters. The zero-order valence-corrected chi connectivity index (χ0v) is 19.9. The molecular weight excluding hydrogens is 495 g/mol. The quantitative estimate of drug-likeness (QED) is 0.515. The van der Waals surface area contributed by atoms with E-state index in [1.54, 1.807) is 29.4 Å². The third-order valence-corrected chi connectivity index (χ3v) is 7.62. The SMILES string of the molecule is O=C(NCc1cccnc1)Nc1ccc(S(=O)(=O)N2CCN(c3cccc(C(F)(F)F)c3)CC2)cc1. The zero-order chi connectivity index (χ0) is 25.8. The van der Waals surface area contributed by atoms with Crippen LogP contribution in [0.15, 0.2) is 78.0 Å². The van der Waals surface area contributed by atoms with Crippen molar-refractivity contribution in [3.8, 4) is 0 Å². The lowest BCUT2D eigenvalue weighted by molar-refractivity contribution is -0.137. The molecule has 0 atom stereocenters. The number of carbonyl (C=O) groups excluding carboxylic acids is 1. The van der Waals surface area contributed by atoms with Gasteiger partial charge >= 0.3 is 12.2 Å². The van der Waals surface area contributed by atoms with Crippen LogP contribution in [0.4, 0.5) is 29.3 Å². The van der Waals surface area contributed by atoms with Gasteiger partial charge in [-0.25, -0.2) is 13.2 Å². The van der Waals surface area contributed by atoms with Gasteiger partial charge in [-0.3, -0.25) is 4.98 Å². The third-order valence-electron chi connectivity index (χ3n) is 5.70. The second-order valence-corrected chi connectivity index (χ2v) is 10.1. The first-order chi connectivity index (χ1) is 17.1. The number of anilines is 2. The van der Waals surface area contributed by atoms with Crippen molar-refractivity contribution in [2.24, 2.45) is 0 Å². The number of carbonyl (C=O) groups is 1. The van der Waals surface area contributed by atoms with Gasteiger partial charge in [-0.15, -0.1) is 0 Å². The van der Waals surface area contributed by atoms with Crippen LogP contribution in [0.25, 0.3) is 0 Å². The number of nitrogens with one attached hydrogen (secondary N) is 2. The van der Waals surface area contributed by atoms with Crippen LogP contribution < -0.4 is 15.5 Å². The summed E-state index contributed by atoms with van der Waals surface area (Å²) >= 11 is 0. The topological polar surface area (TPSA) is 94.6 Å². The van der Waals surface area contributed by atoms with Gasteiger partial charge in [0.05, 0.1) is 10.5 Å². The van der Waals surface area contributed by atoms with E-state index in [9.17, 15) is 26.4 Å². The molecule has 1 aliphatic heterocycles. The summed E-state index contributed by atoms with van der Waals surface area (Å²) in [4.78, 5) is 17.9. The fraction of sp³-hybridized carbons (Fsp3) is 0.250. The Bertz CT molecular complexity index is 1290. The maximum absolute atomic E-state index is 13.1. The predicted molar refractivity (Wildman–Crippen MR) is 129 cm³/mol. The van der Waals surface area contributed by atoms with Gasteiger partial charge in [-0.05, 0) is 54.1 Å². The highest BCUT2D eigenvalue weighted by Crippen LogP contribution is 2.32. The fourth-order valence-corrected chi connectivity index (χ4v) is 5.21. The highest BCUT2D eigenvalue weighted by Gasteiger charge is 2.32. The van der Waals surface area contributed by atoms with E-state index in [0.717, 1.165) is 17.7 Å². The molecule has 190 valence electrons. The van der Waals surface area contributed by atoms with Gasteiger partial charge in [0, 0.05) is 56.5 Å². The normalized spacial score (nSPS) is 14.9. The Kier molecular flexibility index (Phi) is 7.45. The molecule has 3 aromatic rings. The van der Waals surface area contributed by atoms with E-state index in [2.05, 4.69) is 15.6 Å². The minimum atomic E-state index is -4.44. The average Bonchev–Trinajstić information content (AvgIpc) is 2.88. The number of aromatic nitrogens is 1. The summed E-state index contributed by atoms with van der Waals surface area (Å²) in [5.74, 6) is 0. The van der Waals surface area contributed by atoms with Gasteiger partial charge in [-0.2, -0.15) is 17.5 Å². The minimum absolute atomic E-state index is 0.0661. The van der Waals surface area contributed by atoms with E-state index in [1.165, 1.54) is 34.6 Å². The number of nitrogens with zero attached hydrogens (tertiary/aromatic N) is 3. The molecule has 1 fully saturated rings. The van der Waals surface area contributed by atoms with Crippen molar-refractivity contribution in [3.05, 3.63) is 84.2 Å². The Balaban J connectivity index is 1.33. The summed E-state index contributed by atoms with van der Waals surface area (Å²) in [5.41, 5.74) is 0.919. The van der Waals surface area contributed by atoms with Crippen LogP contribution in [0.1, 0.15) is 11.1 Å². The molecule has 2 heterocycles. The van der Waals surface area contributed by atoms with E-state index in [0.29, 0.717) is 17.9 Å². The number of benzene rings is 2. The zero-order valence-electron chi connectivity index (χ0n) is 19.1. The maximum atomic E-state index is 13.1. The largest absolute Gasteiger partial charge is 0.416 e. The summed E-state index contributed by atoms with van der Waals surface area (Å²) in [6.07, 6.45) is -1.17. The van der Waals surface area contributed by atoms with Crippen molar-refractivity contribution in [2.45, 2.75) is 17.6 Å². The number of piperazine rings is 1. The first-order valence-electron chi connectivity index (χ1n) is 11.1. The number of rotatable bonds is 6. The Labute approximate surface area is 206 Å². The Morgan fingerprint density at radius 2 is 1.69 bits per heavy atom. The van der Waals surface area contributed by atoms with Gasteiger partial charge in [-0.1, -0.05) is 12.1 Å². The number of amides is 2. The number of sulfonamides is 1. The van der Waals surface area contributed by atoms with Crippen molar-refractivity contribution in [1.29, 1.82) is 0 Å². The second-order valence-electron chi connectivity index (χ2n) is 8.13. The van der Waals surface area contributed by atoms with Gasteiger partial charge in [0.15, 0.2) is 0 Å². The van der Waals surface area contributed by atoms with E-state index in [4.69, 9.17) is 0 Å². The molecule has 1 saturated heterocycles. The van der Waals surface area contributed by atoms with Crippen molar-refractivity contribution >= 4 is 27.4 Å². The molecule has 2 N–H and O–H groups in total. The lowest BCUT2D eigenvalue weighted by atomic mass is 10.1. The summed E-state index contributed by atoms with van der Waals surface area (Å²) in [7, 11) is -3.80. The number of hydrogen-bond donors (Lipinski definition) is 2. The first-order valence-corrected chi connectivity index (χ1v) is 12.5. The van der Waals surface area contributed by atoms with Crippen LogP contribution in [0.2, 0.25) is 0 Å². The maximum Gasteiger partial charge on any atom is 0.416 e. The number of hydrogen-bond acceptors (Lipinski definition) is 5. The summed E-state index contributed by atoms with van der Waals surface area (Å²) in [6, 6.07) is 14.0. The van der Waals surface area contributed by atoms with Crippen LogP contribution in [0.3, 0.4) is 0 Å². The van der Waals surface area contributed by atoms with Gasteiger partial charge in [0.25, 0.3) is 0 Å². The smallest absolute Gasteiger partial charge is 0.369 e. The van der Waals surface area contributed by atoms with Gasteiger partial charge < -0.3 is 15.5 Å². The van der Waals surface area contributed by atoms with Gasteiger partial charge in [0.1, 0.15) is 0 Å². The predicted octanol–water partition coefficient (Wildman–Crippen LogP) is 3.93. The second kappa shape index (κ2) is 10.5. The lowest BCUT2D eigenvalue weighted by Crippen LogP contribution is -2.48. The third kappa shape index (κ3) is 6.13. The first kappa shape index (κ1) is 25.5. The Morgan fingerprint density at radius 3 is 2.33 bits per heavy atom. The minimum Gasteiger partial charge on any atom is -0.369 e. The Hall–Kier alpha value is -3.64. The number of pyridine rings is 1. The molecule has 0 bridgehead atoms. The number of urea groups is 1. The van der Waals surface area contributed by atoms with E-state index >= 15 is 0 Å². The molecule has 4 rings (SSSR count). The summed E-state index contributed by atoms with van der Waals surface area (Å²) in [5, 5.41) is 5.33.